The van der Waals surface area contributed by atoms with E-state index >= 15 is 0 Å². The molecule has 152 valence electrons. The summed E-state index contributed by atoms with van der Waals surface area (Å²) in [6.07, 6.45) is -5.66. The number of amides is 1. The highest BCUT2D eigenvalue weighted by Gasteiger charge is 2.34. The first-order valence-corrected chi connectivity index (χ1v) is 7.87. The zero-order valence-electron chi connectivity index (χ0n) is 15.3. The second kappa shape index (κ2) is 8.89. The Kier molecular flexibility index (Phi) is 7.40. The van der Waals surface area contributed by atoms with Gasteiger partial charge in [0.2, 0.25) is 5.75 Å². The quantitative estimate of drug-likeness (QED) is 0.556. The number of alkyl halides is 3. The molecule has 0 spiro atoms. The van der Waals surface area contributed by atoms with E-state index in [0.717, 1.165) is 12.1 Å². The van der Waals surface area contributed by atoms with E-state index in [0.29, 0.717) is 0 Å². The predicted octanol–water partition coefficient (Wildman–Crippen LogP) is 3.92. The summed E-state index contributed by atoms with van der Waals surface area (Å²) in [4.78, 5) is 21.6. The number of alkyl carbamates (subject to hydrolysis) is 1. The van der Waals surface area contributed by atoms with Crippen molar-refractivity contribution in [3.8, 4) is 5.75 Å². The van der Waals surface area contributed by atoms with Crippen molar-refractivity contribution in [2.75, 3.05) is 6.61 Å². The number of ether oxygens (including phenoxy) is 3. The lowest BCUT2D eigenvalue weighted by Gasteiger charge is -2.22. The van der Waals surface area contributed by atoms with E-state index in [1.807, 2.05) is 0 Å². The molecule has 0 unspecified atom stereocenters. The molecule has 0 aliphatic heterocycles. The largest absolute Gasteiger partial charge is 0.573 e. The molecule has 1 aromatic carbocycles. The lowest BCUT2D eigenvalue weighted by Crippen LogP contribution is -2.39. The third-order valence-electron chi connectivity index (χ3n) is 2.85. The Morgan fingerprint density at radius 3 is 2.44 bits per heavy atom. The van der Waals surface area contributed by atoms with Gasteiger partial charge in [-0.2, -0.15) is 0 Å². The monoisotopic (exact) mass is 394 g/mol. The molecule has 0 aliphatic rings. The molecular weight excluding hydrogens is 373 g/mol. The molecule has 1 aromatic rings. The summed E-state index contributed by atoms with van der Waals surface area (Å²) in [5, 5.41) is 13.5. The van der Waals surface area contributed by atoms with Crippen molar-refractivity contribution in [1.29, 1.82) is 0 Å². The summed E-state index contributed by atoms with van der Waals surface area (Å²) >= 11 is 0. The zero-order valence-corrected chi connectivity index (χ0v) is 15.3. The van der Waals surface area contributed by atoms with Gasteiger partial charge in [-0.3, -0.25) is 10.1 Å². The van der Waals surface area contributed by atoms with Gasteiger partial charge in [-0.05, 0) is 39.3 Å². The van der Waals surface area contributed by atoms with Gasteiger partial charge in [-0.1, -0.05) is 6.07 Å². The molecule has 0 aromatic heterocycles. The van der Waals surface area contributed by atoms with Gasteiger partial charge in [-0.15, -0.1) is 13.2 Å². The summed E-state index contributed by atoms with van der Waals surface area (Å²) in [7, 11) is 0. The predicted molar refractivity (Wildman–Crippen MR) is 88.3 cm³/mol. The Morgan fingerprint density at radius 2 is 1.93 bits per heavy atom. The third kappa shape index (κ3) is 9.08. The Hall–Kier alpha value is -2.56. The Bertz CT molecular complexity index is 673. The highest BCUT2D eigenvalue weighted by molar-refractivity contribution is 5.68. The molecule has 0 saturated heterocycles. The highest BCUT2D eigenvalue weighted by atomic mass is 19.4. The molecule has 0 heterocycles. The molecule has 0 radical (unpaired) electrons. The number of nitro benzene ring substituents is 1. The van der Waals surface area contributed by atoms with Gasteiger partial charge >= 0.3 is 18.1 Å². The van der Waals surface area contributed by atoms with E-state index in [1.165, 1.54) is 6.07 Å². The lowest BCUT2D eigenvalue weighted by atomic mass is 10.2. The lowest BCUT2D eigenvalue weighted by molar-refractivity contribution is -0.388. The summed E-state index contributed by atoms with van der Waals surface area (Å²) in [5.74, 6) is -0.906. The molecule has 1 atom stereocenters. The SMILES string of the molecule is C[C@H](COCc1ccc(OC(F)(F)F)c([N+](=O)[O-])c1)NC(=O)OC(C)(C)C. The maximum atomic E-state index is 12.3. The summed E-state index contributed by atoms with van der Waals surface area (Å²) < 4.78 is 50.9. The van der Waals surface area contributed by atoms with Crippen LogP contribution in [0.5, 0.6) is 5.75 Å². The van der Waals surface area contributed by atoms with Crippen LogP contribution in [0.15, 0.2) is 18.2 Å². The smallest absolute Gasteiger partial charge is 0.444 e. The van der Waals surface area contributed by atoms with Crippen molar-refractivity contribution in [2.24, 2.45) is 0 Å². The Morgan fingerprint density at radius 1 is 1.30 bits per heavy atom. The number of benzene rings is 1. The van der Waals surface area contributed by atoms with Crippen LogP contribution in [0.1, 0.15) is 33.3 Å². The number of hydrogen-bond acceptors (Lipinski definition) is 6. The normalized spacial score (nSPS) is 13.0. The number of rotatable bonds is 7. The number of nitro groups is 1. The fourth-order valence-electron chi connectivity index (χ4n) is 1.91. The van der Waals surface area contributed by atoms with E-state index < -0.39 is 40.5 Å². The van der Waals surface area contributed by atoms with Gasteiger partial charge < -0.3 is 19.5 Å². The second-order valence-corrected chi connectivity index (χ2v) is 6.67. The average Bonchev–Trinajstić information content (AvgIpc) is 2.44. The number of nitrogens with one attached hydrogen (secondary N) is 1. The standard InChI is InChI=1S/C16H21F3N2O6/c1-10(20-14(22)27-15(2,3)4)8-25-9-11-5-6-13(26-16(17,18)19)12(7-11)21(23)24/h5-7,10H,8-9H2,1-4H3,(H,20,22)/t10-/m1/s1. The zero-order chi connectivity index (χ0) is 20.8. The Labute approximate surface area is 153 Å². The fraction of sp³-hybridized carbons (Fsp3) is 0.562. The van der Waals surface area contributed by atoms with Crippen molar-refractivity contribution < 1.29 is 37.1 Å². The second-order valence-electron chi connectivity index (χ2n) is 6.67. The van der Waals surface area contributed by atoms with Crippen molar-refractivity contribution in [1.82, 2.24) is 5.32 Å². The van der Waals surface area contributed by atoms with Crippen LogP contribution in [0.25, 0.3) is 0 Å². The van der Waals surface area contributed by atoms with Crippen LogP contribution in [0, 0.1) is 10.1 Å². The van der Waals surface area contributed by atoms with Crippen LogP contribution in [0.4, 0.5) is 23.7 Å². The van der Waals surface area contributed by atoms with Crippen LogP contribution in [-0.2, 0) is 16.1 Å². The number of nitrogens with zero attached hydrogens (tertiary/aromatic N) is 1. The molecule has 1 rings (SSSR count). The maximum Gasteiger partial charge on any atom is 0.573 e. The van der Waals surface area contributed by atoms with Crippen LogP contribution in [0.3, 0.4) is 0 Å². The van der Waals surface area contributed by atoms with E-state index in [2.05, 4.69) is 10.1 Å². The van der Waals surface area contributed by atoms with Crippen LogP contribution < -0.4 is 10.1 Å². The van der Waals surface area contributed by atoms with Crippen LogP contribution >= 0.6 is 0 Å². The Balaban J connectivity index is 2.61. The van der Waals surface area contributed by atoms with E-state index in [-0.39, 0.29) is 18.8 Å². The number of carbonyl (C=O) groups excluding carboxylic acids is 1. The van der Waals surface area contributed by atoms with Crippen LogP contribution in [-0.4, -0.2) is 35.6 Å². The van der Waals surface area contributed by atoms with Gasteiger partial charge in [0.05, 0.1) is 24.2 Å². The third-order valence-corrected chi connectivity index (χ3v) is 2.85. The van der Waals surface area contributed by atoms with Crippen molar-refractivity contribution >= 4 is 11.8 Å². The van der Waals surface area contributed by atoms with Gasteiger partial charge in [0.1, 0.15) is 5.60 Å². The number of hydrogen-bond donors (Lipinski definition) is 1. The highest BCUT2D eigenvalue weighted by Crippen LogP contribution is 2.32. The minimum absolute atomic E-state index is 0.0633. The summed E-state index contributed by atoms with van der Waals surface area (Å²) in [5.41, 5.74) is -1.20. The molecule has 1 amide bonds. The first-order chi connectivity index (χ1) is 12.3. The van der Waals surface area contributed by atoms with E-state index in [4.69, 9.17) is 9.47 Å². The molecule has 0 aliphatic carbocycles. The minimum atomic E-state index is -5.04. The van der Waals surface area contributed by atoms with E-state index in [9.17, 15) is 28.1 Å². The topological polar surface area (TPSA) is 99.9 Å². The van der Waals surface area contributed by atoms with Gasteiger partial charge in [0, 0.05) is 6.07 Å². The first-order valence-electron chi connectivity index (χ1n) is 7.87. The van der Waals surface area contributed by atoms with Crippen molar-refractivity contribution in [3.05, 3.63) is 33.9 Å². The first kappa shape index (κ1) is 22.5. The fourth-order valence-corrected chi connectivity index (χ4v) is 1.91. The van der Waals surface area contributed by atoms with Gasteiger partial charge in [0.15, 0.2) is 0 Å². The van der Waals surface area contributed by atoms with E-state index in [1.54, 1.807) is 27.7 Å². The maximum absolute atomic E-state index is 12.3. The van der Waals surface area contributed by atoms with Crippen LogP contribution in [0.2, 0.25) is 0 Å². The molecule has 0 fully saturated rings. The number of halogens is 3. The summed E-state index contributed by atoms with van der Waals surface area (Å²) in [6.45, 7) is 6.76. The van der Waals surface area contributed by atoms with Gasteiger partial charge in [-0.25, -0.2) is 4.79 Å². The van der Waals surface area contributed by atoms with Crippen molar-refractivity contribution in [3.63, 3.8) is 0 Å². The van der Waals surface area contributed by atoms with Gasteiger partial charge in [0.25, 0.3) is 0 Å². The minimum Gasteiger partial charge on any atom is -0.444 e. The summed E-state index contributed by atoms with van der Waals surface area (Å²) in [6, 6.07) is 2.60. The molecule has 8 nitrogen and oxygen atoms in total. The molecule has 27 heavy (non-hydrogen) atoms. The molecule has 0 bridgehead atoms. The molecule has 0 saturated carbocycles. The number of carbonyl (C=O) groups is 1. The van der Waals surface area contributed by atoms with Crippen molar-refractivity contribution in [2.45, 2.75) is 52.3 Å². The average molecular weight is 394 g/mol. The molecule has 1 N–H and O–H groups in total. The molecule has 11 heteroatoms. The molecular formula is C16H21F3N2O6.